The molecular formula is C27H25N3O6. The molecule has 0 spiro atoms. The van der Waals surface area contributed by atoms with E-state index in [1.165, 1.54) is 6.07 Å². The molecule has 9 nitrogen and oxygen atoms in total. The van der Waals surface area contributed by atoms with Crippen molar-refractivity contribution in [3.05, 3.63) is 93.2 Å². The molecule has 36 heavy (non-hydrogen) atoms. The minimum absolute atomic E-state index is 0.0965. The van der Waals surface area contributed by atoms with Gasteiger partial charge in [0.1, 0.15) is 5.69 Å². The summed E-state index contributed by atoms with van der Waals surface area (Å²) >= 11 is 0. The molecule has 1 aliphatic heterocycles. The van der Waals surface area contributed by atoms with Gasteiger partial charge in [-0.1, -0.05) is 18.2 Å². The summed E-state index contributed by atoms with van der Waals surface area (Å²) in [5, 5.41) is 0. The summed E-state index contributed by atoms with van der Waals surface area (Å²) < 4.78 is 21.0. The van der Waals surface area contributed by atoms with Gasteiger partial charge in [-0.2, -0.15) is 0 Å². The summed E-state index contributed by atoms with van der Waals surface area (Å²) in [5.74, 6) is 0.0110. The fourth-order valence-corrected chi connectivity index (χ4v) is 4.52. The number of Topliss-reactive ketones (excluding diaryl/α,β-unsaturated/α-hetero) is 1. The first-order chi connectivity index (χ1) is 17.3. The Labute approximate surface area is 207 Å². The molecule has 0 bridgehead atoms. The molecule has 2 aromatic heterocycles. The van der Waals surface area contributed by atoms with E-state index in [1.807, 2.05) is 51.2 Å². The average Bonchev–Trinajstić information content (AvgIpc) is 3.52. The summed E-state index contributed by atoms with van der Waals surface area (Å²) in [6.07, 6.45) is 0. The maximum absolute atomic E-state index is 13.5. The van der Waals surface area contributed by atoms with Crippen LogP contribution in [0.5, 0.6) is 11.5 Å². The van der Waals surface area contributed by atoms with Crippen molar-refractivity contribution in [2.45, 2.75) is 20.8 Å². The number of ether oxygens (including phenoxy) is 3. The van der Waals surface area contributed by atoms with Gasteiger partial charge >= 0.3 is 5.97 Å². The zero-order chi connectivity index (χ0) is 25.6. The number of rotatable bonds is 6. The molecular weight excluding hydrogens is 462 g/mol. The van der Waals surface area contributed by atoms with Gasteiger partial charge in [-0.05, 0) is 57.2 Å². The number of carbonyl (C=O) groups excluding carboxylic acids is 2. The maximum atomic E-state index is 13.5. The molecule has 0 atom stereocenters. The van der Waals surface area contributed by atoms with E-state index in [1.54, 1.807) is 39.1 Å². The summed E-state index contributed by atoms with van der Waals surface area (Å²) in [5.41, 5.74) is 3.74. The fraction of sp³-hybridized carbons (Fsp3) is 0.222. The largest absolute Gasteiger partial charge is 0.454 e. The third-order valence-electron chi connectivity index (χ3n) is 6.42. The Morgan fingerprint density at radius 3 is 2.42 bits per heavy atom. The maximum Gasteiger partial charge on any atom is 0.338 e. The molecule has 1 aliphatic rings. The van der Waals surface area contributed by atoms with Crippen molar-refractivity contribution in [2.24, 2.45) is 7.05 Å². The first-order valence-electron chi connectivity index (χ1n) is 11.4. The van der Waals surface area contributed by atoms with Crippen LogP contribution in [0.25, 0.3) is 11.4 Å². The van der Waals surface area contributed by atoms with Gasteiger partial charge in [-0.25, -0.2) is 9.48 Å². The second-order valence-corrected chi connectivity index (χ2v) is 8.60. The summed E-state index contributed by atoms with van der Waals surface area (Å²) in [4.78, 5) is 39.0. The molecule has 3 heterocycles. The quantitative estimate of drug-likeness (QED) is 0.304. The lowest BCUT2D eigenvalue weighted by Gasteiger charge is -2.09. The van der Waals surface area contributed by atoms with E-state index < -0.39 is 12.6 Å². The Balaban J connectivity index is 1.41. The SMILES string of the molecule is Cc1cc(C(=O)COC(=O)c2ccc3c(c2)OCO3)c(C)n1-c1c(C)n(C)n(-c2ccccc2)c1=O. The van der Waals surface area contributed by atoms with Crippen LogP contribution in [0.15, 0.2) is 59.4 Å². The number of aromatic nitrogens is 3. The van der Waals surface area contributed by atoms with E-state index in [-0.39, 0.29) is 23.7 Å². The van der Waals surface area contributed by atoms with Crippen LogP contribution in [-0.4, -0.2) is 39.1 Å². The molecule has 2 aromatic carbocycles. The van der Waals surface area contributed by atoms with Crippen LogP contribution in [0.2, 0.25) is 0 Å². The molecule has 0 amide bonds. The second-order valence-electron chi connectivity index (χ2n) is 8.60. The lowest BCUT2D eigenvalue weighted by molar-refractivity contribution is 0.0474. The highest BCUT2D eigenvalue weighted by molar-refractivity contribution is 6.00. The Hall–Kier alpha value is -4.53. The summed E-state index contributed by atoms with van der Waals surface area (Å²) in [6.45, 7) is 5.14. The van der Waals surface area contributed by atoms with Gasteiger partial charge < -0.3 is 18.8 Å². The fourth-order valence-electron chi connectivity index (χ4n) is 4.52. The Bertz CT molecular complexity index is 1560. The van der Waals surface area contributed by atoms with Crippen LogP contribution in [0.1, 0.15) is 37.8 Å². The van der Waals surface area contributed by atoms with Crippen molar-refractivity contribution < 1.29 is 23.8 Å². The van der Waals surface area contributed by atoms with Crippen LogP contribution in [0.3, 0.4) is 0 Å². The number of fused-ring (bicyclic) bond motifs is 1. The first kappa shape index (κ1) is 23.2. The van der Waals surface area contributed by atoms with Crippen LogP contribution in [0.4, 0.5) is 0 Å². The third-order valence-corrected chi connectivity index (χ3v) is 6.42. The van der Waals surface area contributed by atoms with E-state index in [0.29, 0.717) is 28.4 Å². The molecule has 0 radical (unpaired) electrons. The van der Waals surface area contributed by atoms with E-state index in [0.717, 1.165) is 17.1 Å². The van der Waals surface area contributed by atoms with E-state index >= 15 is 0 Å². The van der Waals surface area contributed by atoms with E-state index in [2.05, 4.69) is 0 Å². The number of carbonyl (C=O) groups is 2. The van der Waals surface area contributed by atoms with Crippen molar-refractivity contribution in [1.82, 2.24) is 13.9 Å². The molecule has 0 saturated heterocycles. The number of aryl methyl sites for hydroxylation is 1. The predicted molar refractivity (Wildman–Crippen MR) is 132 cm³/mol. The normalized spacial score (nSPS) is 12.1. The highest BCUT2D eigenvalue weighted by atomic mass is 16.7. The topological polar surface area (TPSA) is 93.7 Å². The van der Waals surface area contributed by atoms with E-state index in [9.17, 15) is 14.4 Å². The average molecular weight is 488 g/mol. The van der Waals surface area contributed by atoms with Gasteiger partial charge in [0.15, 0.2) is 18.1 Å². The zero-order valence-electron chi connectivity index (χ0n) is 20.4. The molecule has 0 N–H and O–H groups in total. The van der Waals surface area contributed by atoms with E-state index in [4.69, 9.17) is 14.2 Å². The lowest BCUT2D eigenvalue weighted by atomic mass is 10.1. The number of benzene rings is 2. The number of esters is 1. The lowest BCUT2D eigenvalue weighted by Crippen LogP contribution is -2.22. The molecule has 5 rings (SSSR count). The molecule has 4 aromatic rings. The number of hydrogen-bond acceptors (Lipinski definition) is 6. The van der Waals surface area contributed by atoms with Crippen molar-refractivity contribution >= 4 is 11.8 Å². The highest BCUT2D eigenvalue weighted by Crippen LogP contribution is 2.32. The molecule has 9 heteroatoms. The number of nitrogens with zero attached hydrogens (tertiary/aromatic N) is 3. The minimum atomic E-state index is -0.639. The van der Waals surface area contributed by atoms with Crippen molar-refractivity contribution in [1.29, 1.82) is 0 Å². The Morgan fingerprint density at radius 1 is 0.944 bits per heavy atom. The van der Waals surface area contributed by atoms with Gasteiger partial charge in [-0.3, -0.25) is 14.3 Å². The summed E-state index contributed by atoms with van der Waals surface area (Å²) in [6, 6.07) is 15.8. The van der Waals surface area contributed by atoms with Crippen LogP contribution in [0, 0.1) is 20.8 Å². The molecule has 0 unspecified atom stereocenters. The summed E-state index contributed by atoms with van der Waals surface area (Å²) in [7, 11) is 1.82. The Morgan fingerprint density at radius 2 is 1.67 bits per heavy atom. The van der Waals surface area contributed by atoms with Gasteiger partial charge in [0.2, 0.25) is 12.6 Å². The zero-order valence-corrected chi connectivity index (χ0v) is 20.4. The molecule has 0 aliphatic carbocycles. The highest BCUT2D eigenvalue weighted by Gasteiger charge is 2.24. The number of ketones is 1. The van der Waals surface area contributed by atoms with Crippen LogP contribution >= 0.6 is 0 Å². The molecule has 0 saturated carbocycles. The smallest absolute Gasteiger partial charge is 0.338 e. The predicted octanol–water partition coefficient (Wildman–Crippen LogP) is 3.66. The van der Waals surface area contributed by atoms with Gasteiger partial charge in [0.05, 0.1) is 16.9 Å². The van der Waals surface area contributed by atoms with Crippen molar-refractivity contribution in [2.75, 3.05) is 13.4 Å². The molecule has 184 valence electrons. The van der Waals surface area contributed by atoms with Crippen LogP contribution in [-0.2, 0) is 11.8 Å². The number of hydrogen-bond donors (Lipinski definition) is 0. The second kappa shape index (κ2) is 8.92. The minimum Gasteiger partial charge on any atom is -0.454 e. The monoisotopic (exact) mass is 487 g/mol. The van der Waals surface area contributed by atoms with Gasteiger partial charge in [0, 0.05) is 24.0 Å². The van der Waals surface area contributed by atoms with Gasteiger partial charge in [0.25, 0.3) is 5.56 Å². The molecule has 0 fully saturated rings. The van der Waals surface area contributed by atoms with Crippen LogP contribution < -0.4 is 15.0 Å². The van der Waals surface area contributed by atoms with Gasteiger partial charge in [-0.15, -0.1) is 0 Å². The van der Waals surface area contributed by atoms with Crippen molar-refractivity contribution in [3.8, 4) is 22.9 Å². The first-order valence-corrected chi connectivity index (χ1v) is 11.4. The third kappa shape index (κ3) is 3.78. The number of para-hydroxylation sites is 1. The van der Waals surface area contributed by atoms with Crippen molar-refractivity contribution in [3.63, 3.8) is 0 Å². The standard InChI is InChI=1S/C27H25N3O6/c1-16-12-21(22(31)14-34-27(33)19-10-11-23-24(13-19)36-15-35-23)17(2)29(16)25-18(3)28(4)30(26(25)32)20-8-6-5-7-9-20/h5-13H,14-15H2,1-4H3. The Kier molecular flexibility index (Phi) is 5.75.